The van der Waals surface area contributed by atoms with Crippen LogP contribution in [0.5, 0.6) is 0 Å². The summed E-state index contributed by atoms with van der Waals surface area (Å²) in [5.74, 6) is 0.0889. The van der Waals surface area contributed by atoms with Gasteiger partial charge in [0.2, 0.25) is 5.91 Å². The Morgan fingerprint density at radius 2 is 1.70 bits per heavy atom. The Bertz CT molecular complexity index is 730. The highest BCUT2D eigenvalue weighted by atomic mass is 79.9. The fourth-order valence-corrected chi connectivity index (χ4v) is 3.94. The van der Waals surface area contributed by atoms with E-state index in [0.717, 1.165) is 28.3 Å². The van der Waals surface area contributed by atoms with Crippen molar-refractivity contribution in [3.8, 4) is 0 Å². The van der Waals surface area contributed by atoms with Crippen molar-refractivity contribution in [2.45, 2.75) is 13.3 Å². The van der Waals surface area contributed by atoms with Gasteiger partial charge in [0, 0.05) is 51.1 Å². The third kappa shape index (κ3) is 2.87. The summed E-state index contributed by atoms with van der Waals surface area (Å²) in [6.07, 6.45) is 0.812. The second-order valence-corrected chi connectivity index (χ2v) is 6.68. The maximum Gasteiger partial charge on any atom is 0.271 e. The standard InChI is InChI=1S/C17H20BrN3O2/c1-12(22)20-8-5-9-21(11-10-20)17(23)16-15(18)13-6-3-4-7-14(13)19(16)2/h3-4,6-7H,5,8-11H2,1-2H3. The zero-order chi connectivity index (χ0) is 16.6. The van der Waals surface area contributed by atoms with Crippen LogP contribution in [-0.4, -0.2) is 52.4 Å². The maximum absolute atomic E-state index is 13.0. The molecular formula is C17H20BrN3O2. The second-order valence-electron chi connectivity index (χ2n) is 5.89. The zero-order valence-corrected chi connectivity index (χ0v) is 15.0. The number of halogens is 1. The first-order valence-electron chi connectivity index (χ1n) is 7.78. The van der Waals surface area contributed by atoms with Gasteiger partial charge in [0.25, 0.3) is 5.91 Å². The van der Waals surface area contributed by atoms with Crippen molar-refractivity contribution in [1.82, 2.24) is 14.4 Å². The van der Waals surface area contributed by atoms with E-state index in [4.69, 9.17) is 0 Å². The Kier molecular flexibility index (Phi) is 4.43. The van der Waals surface area contributed by atoms with Gasteiger partial charge in [-0.25, -0.2) is 0 Å². The molecule has 3 rings (SSSR count). The number of aryl methyl sites for hydroxylation is 1. The third-order valence-electron chi connectivity index (χ3n) is 4.48. The zero-order valence-electron chi connectivity index (χ0n) is 13.4. The van der Waals surface area contributed by atoms with Crippen LogP contribution in [-0.2, 0) is 11.8 Å². The van der Waals surface area contributed by atoms with Crippen LogP contribution in [0.15, 0.2) is 28.7 Å². The third-order valence-corrected chi connectivity index (χ3v) is 5.28. The van der Waals surface area contributed by atoms with Crippen molar-refractivity contribution in [2.75, 3.05) is 26.2 Å². The predicted molar refractivity (Wildman–Crippen MR) is 93.4 cm³/mol. The van der Waals surface area contributed by atoms with Crippen LogP contribution in [0.1, 0.15) is 23.8 Å². The van der Waals surface area contributed by atoms with Crippen molar-refractivity contribution in [3.63, 3.8) is 0 Å². The number of rotatable bonds is 1. The summed E-state index contributed by atoms with van der Waals surface area (Å²) in [6, 6.07) is 7.96. The quantitative estimate of drug-likeness (QED) is 0.766. The SMILES string of the molecule is CC(=O)N1CCCN(C(=O)c2c(Br)c3ccccc3n2C)CC1. The number of hydrogen-bond donors (Lipinski definition) is 0. The minimum atomic E-state index is 0.0148. The number of benzene rings is 1. The smallest absolute Gasteiger partial charge is 0.271 e. The lowest BCUT2D eigenvalue weighted by molar-refractivity contribution is -0.128. The van der Waals surface area contributed by atoms with Crippen molar-refractivity contribution in [3.05, 3.63) is 34.4 Å². The van der Waals surface area contributed by atoms with E-state index in [0.29, 0.717) is 25.3 Å². The lowest BCUT2D eigenvalue weighted by atomic mass is 10.2. The minimum absolute atomic E-state index is 0.0148. The van der Waals surface area contributed by atoms with Gasteiger partial charge in [-0.15, -0.1) is 0 Å². The van der Waals surface area contributed by atoms with Gasteiger partial charge in [0.05, 0.1) is 4.47 Å². The van der Waals surface area contributed by atoms with Crippen molar-refractivity contribution in [2.24, 2.45) is 7.05 Å². The molecule has 0 bridgehead atoms. The molecule has 2 aromatic rings. The number of carbonyl (C=O) groups is 2. The number of aromatic nitrogens is 1. The first-order valence-corrected chi connectivity index (χ1v) is 8.57. The van der Waals surface area contributed by atoms with Crippen LogP contribution in [0.2, 0.25) is 0 Å². The van der Waals surface area contributed by atoms with Crippen LogP contribution in [0, 0.1) is 0 Å². The highest BCUT2D eigenvalue weighted by Gasteiger charge is 2.26. The topological polar surface area (TPSA) is 45.6 Å². The van der Waals surface area contributed by atoms with Gasteiger partial charge in [0.15, 0.2) is 0 Å². The number of nitrogens with zero attached hydrogens (tertiary/aromatic N) is 3. The number of carbonyl (C=O) groups excluding carboxylic acids is 2. The van der Waals surface area contributed by atoms with E-state index < -0.39 is 0 Å². The van der Waals surface area contributed by atoms with E-state index in [-0.39, 0.29) is 11.8 Å². The molecule has 0 saturated carbocycles. The fraction of sp³-hybridized carbons (Fsp3) is 0.412. The molecule has 1 fully saturated rings. The van der Waals surface area contributed by atoms with Gasteiger partial charge < -0.3 is 14.4 Å². The van der Waals surface area contributed by atoms with Gasteiger partial charge in [0.1, 0.15) is 5.69 Å². The summed E-state index contributed by atoms with van der Waals surface area (Å²) in [7, 11) is 1.92. The van der Waals surface area contributed by atoms with Crippen LogP contribution in [0.25, 0.3) is 10.9 Å². The van der Waals surface area contributed by atoms with Crippen molar-refractivity contribution >= 4 is 38.6 Å². The summed E-state index contributed by atoms with van der Waals surface area (Å²) in [6.45, 7) is 4.15. The molecule has 1 saturated heterocycles. The lowest BCUT2D eigenvalue weighted by Gasteiger charge is -2.22. The molecule has 5 nitrogen and oxygen atoms in total. The van der Waals surface area contributed by atoms with Crippen LogP contribution < -0.4 is 0 Å². The molecule has 0 atom stereocenters. The van der Waals surface area contributed by atoms with E-state index in [1.165, 1.54) is 0 Å². The molecule has 2 heterocycles. The second kappa shape index (κ2) is 6.35. The number of fused-ring (bicyclic) bond motifs is 1. The van der Waals surface area contributed by atoms with Crippen molar-refractivity contribution in [1.29, 1.82) is 0 Å². The molecule has 122 valence electrons. The highest BCUT2D eigenvalue weighted by molar-refractivity contribution is 9.10. The van der Waals surface area contributed by atoms with Crippen LogP contribution in [0.4, 0.5) is 0 Å². The average Bonchev–Trinajstić information content (AvgIpc) is 2.73. The summed E-state index contributed by atoms with van der Waals surface area (Å²) < 4.78 is 2.78. The van der Waals surface area contributed by atoms with E-state index in [2.05, 4.69) is 15.9 Å². The predicted octanol–water partition coefficient (Wildman–Crippen LogP) is 2.64. The molecule has 0 spiro atoms. The summed E-state index contributed by atoms with van der Waals surface area (Å²) in [5, 5.41) is 1.04. The van der Waals surface area contributed by atoms with Gasteiger partial charge in [-0.3, -0.25) is 9.59 Å². The first kappa shape index (κ1) is 16.1. The molecule has 23 heavy (non-hydrogen) atoms. The molecule has 1 aliphatic heterocycles. The van der Waals surface area contributed by atoms with Crippen LogP contribution >= 0.6 is 15.9 Å². The Morgan fingerprint density at radius 1 is 1.04 bits per heavy atom. The van der Waals surface area contributed by atoms with E-state index >= 15 is 0 Å². The summed E-state index contributed by atoms with van der Waals surface area (Å²) in [5.41, 5.74) is 1.70. The minimum Gasteiger partial charge on any atom is -0.341 e. The molecule has 0 unspecified atom stereocenters. The van der Waals surface area contributed by atoms with Gasteiger partial charge in [-0.05, 0) is 28.4 Å². The molecule has 0 aliphatic carbocycles. The molecule has 2 amide bonds. The number of para-hydroxylation sites is 1. The van der Waals surface area contributed by atoms with Gasteiger partial charge >= 0.3 is 0 Å². The first-order chi connectivity index (χ1) is 11.0. The molecule has 1 aromatic heterocycles. The Hall–Kier alpha value is -1.82. The number of amides is 2. The van der Waals surface area contributed by atoms with E-state index in [1.54, 1.807) is 6.92 Å². The summed E-state index contributed by atoms with van der Waals surface area (Å²) in [4.78, 5) is 28.2. The van der Waals surface area contributed by atoms with E-state index in [1.807, 2.05) is 45.7 Å². The molecule has 0 N–H and O–H groups in total. The Labute approximate surface area is 144 Å². The molecule has 0 radical (unpaired) electrons. The average molecular weight is 378 g/mol. The lowest BCUT2D eigenvalue weighted by Crippen LogP contribution is -2.37. The number of hydrogen-bond acceptors (Lipinski definition) is 2. The molecular weight excluding hydrogens is 358 g/mol. The summed E-state index contributed by atoms with van der Waals surface area (Å²) >= 11 is 3.59. The monoisotopic (exact) mass is 377 g/mol. The van der Waals surface area contributed by atoms with E-state index in [9.17, 15) is 9.59 Å². The highest BCUT2D eigenvalue weighted by Crippen LogP contribution is 2.31. The molecule has 6 heteroatoms. The van der Waals surface area contributed by atoms with Crippen molar-refractivity contribution < 1.29 is 9.59 Å². The van der Waals surface area contributed by atoms with Crippen LogP contribution in [0.3, 0.4) is 0 Å². The van der Waals surface area contributed by atoms with Gasteiger partial charge in [-0.1, -0.05) is 18.2 Å². The Morgan fingerprint density at radius 3 is 2.39 bits per heavy atom. The largest absolute Gasteiger partial charge is 0.341 e. The fourth-order valence-electron chi connectivity index (χ4n) is 3.17. The molecule has 1 aliphatic rings. The van der Waals surface area contributed by atoms with Gasteiger partial charge in [-0.2, -0.15) is 0 Å². The maximum atomic E-state index is 13.0. The normalized spacial score (nSPS) is 15.8. The molecule has 1 aromatic carbocycles. The Balaban J connectivity index is 1.90.